The van der Waals surface area contributed by atoms with Crippen molar-refractivity contribution in [2.45, 2.75) is 32.5 Å². The first-order valence-corrected chi connectivity index (χ1v) is 5.39. The molecule has 96 valence electrons. The van der Waals surface area contributed by atoms with Gasteiger partial charge in [-0.1, -0.05) is 19.1 Å². The third kappa shape index (κ3) is 4.34. The first-order chi connectivity index (χ1) is 7.83. The zero-order valence-electron chi connectivity index (χ0n) is 9.74. The van der Waals surface area contributed by atoms with Crippen molar-refractivity contribution < 1.29 is 17.6 Å². The molecule has 1 aromatic carbocycles. The van der Waals surface area contributed by atoms with E-state index >= 15 is 0 Å². The highest BCUT2D eigenvalue weighted by Crippen LogP contribution is 2.30. The lowest BCUT2D eigenvalue weighted by molar-refractivity contribution is -0.140. The van der Waals surface area contributed by atoms with Crippen LogP contribution in [0.5, 0.6) is 0 Å². The Hall–Kier alpha value is -1.10. The van der Waals surface area contributed by atoms with Gasteiger partial charge < -0.3 is 5.32 Å². The van der Waals surface area contributed by atoms with Crippen LogP contribution in [0.2, 0.25) is 0 Å². The van der Waals surface area contributed by atoms with Crippen LogP contribution >= 0.6 is 0 Å². The number of alkyl halides is 3. The topological polar surface area (TPSA) is 12.0 Å². The van der Waals surface area contributed by atoms with Gasteiger partial charge in [-0.2, -0.15) is 13.2 Å². The van der Waals surface area contributed by atoms with Crippen LogP contribution in [0.3, 0.4) is 0 Å². The van der Waals surface area contributed by atoms with Crippen molar-refractivity contribution in [2.24, 2.45) is 0 Å². The maximum Gasteiger partial charge on any atom is 0.390 e. The van der Waals surface area contributed by atoms with Crippen molar-refractivity contribution in [1.82, 2.24) is 5.32 Å². The second kappa shape index (κ2) is 5.49. The van der Waals surface area contributed by atoms with E-state index in [2.05, 4.69) is 5.32 Å². The first-order valence-electron chi connectivity index (χ1n) is 5.39. The molecule has 0 spiro atoms. The summed E-state index contributed by atoms with van der Waals surface area (Å²) in [4.78, 5) is 0. The summed E-state index contributed by atoms with van der Waals surface area (Å²) in [7, 11) is 0. The van der Waals surface area contributed by atoms with Crippen molar-refractivity contribution >= 4 is 0 Å². The number of rotatable bonds is 4. The van der Waals surface area contributed by atoms with E-state index < -0.39 is 24.5 Å². The number of aryl methyl sites for hydroxylation is 1. The number of nitrogens with one attached hydrogen (secondary N) is 1. The molecule has 1 atom stereocenters. The monoisotopic (exact) mass is 249 g/mol. The number of benzene rings is 1. The predicted molar refractivity (Wildman–Crippen MR) is 58.2 cm³/mol. The first kappa shape index (κ1) is 14.0. The summed E-state index contributed by atoms with van der Waals surface area (Å²) in [5, 5.41) is 2.76. The molecule has 0 amide bonds. The summed E-state index contributed by atoms with van der Waals surface area (Å²) in [6.07, 6.45) is -5.19. The van der Waals surface area contributed by atoms with Gasteiger partial charge in [-0.15, -0.1) is 0 Å². The van der Waals surface area contributed by atoms with Crippen LogP contribution in [-0.2, 0) is 0 Å². The molecule has 1 N–H and O–H groups in total. The predicted octanol–water partition coefficient (Wildman–Crippen LogP) is 3.74. The van der Waals surface area contributed by atoms with E-state index in [1.807, 2.05) is 0 Å². The lowest BCUT2D eigenvalue weighted by atomic mass is 10.0. The highest BCUT2D eigenvalue weighted by Gasteiger charge is 2.32. The summed E-state index contributed by atoms with van der Waals surface area (Å²) >= 11 is 0. The average Bonchev–Trinajstić information content (AvgIpc) is 2.19. The second-order valence-corrected chi connectivity index (χ2v) is 3.94. The zero-order valence-corrected chi connectivity index (χ0v) is 9.74. The Bertz CT molecular complexity index is 373. The highest BCUT2D eigenvalue weighted by atomic mass is 19.4. The molecule has 0 aromatic heterocycles. The third-order valence-electron chi connectivity index (χ3n) is 2.47. The Morgan fingerprint density at radius 3 is 2.41 bits per heavy atom. The maximum absolute atomic E-state index is 13.0. The molecule has 0 aliphatic heterocycles. The van der Waals surface area contributed by atoms with Gasteiger partial charge in [0.25, 0.3) is 0 Å². The van der Waals surface area contributed by atoms with Crippen molar-refractivity contribution in [3.05, 3.63) is 35.1 Å². The van der Waals surface area contributed by atoms with Crippen LogP contribution in [0.4, 0.5) is 17.6 Å². The number of halogens is 4. The van der Waals surface area contributed by atoms with E-state index in [0.29, 0.717) is 17.7 Å². The van der Waals surface area contributed by atoms with Crippen molar-refractivity contribution in [1.29, 1.82) is 0 Å². The molecule has 1 aromatic rings. The fourth-order valence-electron chi connectivity index (χ4n) is 1.67. The largest absolute Gasteiger partial charge is 0.390 e. The van der Waals surface area contributed by atoms with Gasteiger partial charge in [0.05, 0.1) is 6.42 Å². The molecule has 0 heterocycles. The summed E-state index contributed by atoms with van der Waals surface area (Å²) in [5.41, 5.74) is 0.815. The van der Waals surface area contributed by atoms with Gasteiger partial charge in [0.2, 0.25) is 0 Å². The van der Waals surface area contributed by atoms with Crippen molar-refractivity contribution in [3.63, 3.8) is 0 Å². The van der Waals surface area contributed by atoms with Gasteiger partial charge in [-0.05, 0) is 30.7 Å². The molecule has 17 heavy (non-hydrogen) atoms. The summed E-state index contributed by atoms with van der Waals surface area (Å²) in [5.74, 6) is -0.406. The van der Waals surface area contributed by atoms with Crippen LogP contribution in [0.25, 0.3) is 0 Å². The van der Waals surface area contributed by atoms with Crippen LogP contribution in [-0.4, -0.2) is 12.7 Å². The molecule has 1 unspecified atom stereocenters. The minimum absolute atomic E-state index is 0.354. The summed E-state index contributed by atoms with van der Waals surface area (Å²) < 4.78 is 50.2. The van der Waals surface area contributed by atoms with Gasteiger partial charge in [-0.25, -0.2) is 4.39 Å². The molecule has 0 saturated carbocycles. The van der Waals surface area contributed by atoms with E-state index in [-0.39, 0.29) is 0 Å². The van der Waals surface area contributed by atoms with Crippen molar-refractivity contribution in [2.75, 3.05) is 6.54 Å². The lowest BCUT2D eigenvalue weighted by Gasteiger charge is -2.20. The highest BCUT2D eigenvalue weighted by molar-refractivity contribution is 5.26. The molecule has 0 aliphatic rings. The second-order valence-electron chi connectivity index (χ2n) is 3.94. The molecular weight excluding hydrogens is 234 g/mol. The lowest BCUT2D eigenvalue weighted by Crippen LogP contribution is -2.26. The van der Waals surface area contributed by atoms with Crippen LogP contribution < -0.4 is 5.32 Å². The molecule has 0 saturated heterocycles. The fourth-order valence-corrected chi connectivity index (χ4v) is 1.67. The van der Waals surface area contributed by atoms with Gasteiger partial charge in [0.15, 0.2) is 0 Å². The molecule has 1 rings (SSSR count). The summed E-state index contributed by atoms with van der Waals surface area (Å²) in [6.45, 7) is 3.70. The quantitative estimate of drug-likeness (QED) is 0.801. The van der Waals surface area contributed by atoms with Crippen LogP contribution in [0.15, 0.2) is 18.2 Å². The minimum atomic E-state index is -4.24. The molecule has 0 fully saturated rings. The van der Waals surface area contributed by atoms with E-state index in [1.165, 1.54) is 25.1 Å². The standard InChI is InChI=1S/C12H15F4N/c1-3-17-11(7-12(14,15)16)9-4-5-10(13)8(2)6-9/h4-6,11,17H,3,7H2,1-2H3. The van der Waals surface area contributed by atoms with Gasteiger partial charge >= 0.3 is 6.18 Å². The molecule has 0 radical (unpaired) electrons. The van der Waals surface area contributed by atoms with E-state index in [9.17, 15) is 17.6 Å². The normalized spacial score (nSPS) is 13.8. The number of hydrogen-bond acceptors (Lipinski definition) is 1. The van der Waals surface area contributed by atoms with E-state index in [4.69, 9.17) is 0 Å². The van der Waals surface area contributed by atoms with Crippen LogP contribution in [0.1, 0.15) is 30.5 Å². The van der Waals surface area contributed by atoms with Gasteiger partial charge in [0.1, 0.15) is 5.82 Å². The molecule has 0 aliphatic carbocycles. The Balaban J connectivity index is 2.93. The van der Waals surface area contributed by atoms with E-state index in [0.717, 1.165) is 0 Å². The van der Waals surface area contributed by atoms with Gasteiger partial charge in [0, 0.05) is 6.04 Å². The Morgan fingerprint density at radius 1 is 1.29 bits per heavy atom. The smallest absolute Gasteiger partial charge is 0.310 e. The Morgan fingerprint density at radius 2 is 1.94 bits per heavy atom. The maximum atomic E-state index is 13.0. The molecule has 1 nitrogen and oxygen atoms in total. The number of hydrogen-bond donors (Lipinski definition) is 1. The minimum Gasteiger partial charge on any atom is -0.310 e. The average molecular weight is 249 g/mol. The zero-order chi connectivity index (χ0) is 13.1. The van der Waals surface area contributed by atoms with E-state index in [1.54, 1.807) is 6.92 Å². The van der Waals surface area contributed by atoms with Crippen LogP contribution in [0, 0.1) is 12.7 Å². The fraction of sp³-hybridized carbons (Fsp3) is 0.500. The molecule has 5 heteroatoms. The third-order valence-corrected chi connectivity index (χ3v) is 2.47. The van der Waals surface area contributed by atoms with Gasteiger partial charge in [-0.3, -0.25) is 0 Å². The molecule has 0 bridgehead atoms. The van der Waals surface area contributed by atoms with Crippen molar-refractivity contribution in [3.8, 4) is 0 Å². The summed E-state index contributed by atoms with van der Waals surface area (Å²) in [6, 6.07) is 3.22. The SMILES string of the molecule is CCNC(CC(F)(F)F)c1ccc(F)c(C)c1. The Labute approximate surface area is 97.8 Å². The Kier molecular flexibility index (Phi) is 4.51. The molecular formula is C12H15F4N.